The molecule has 0 spiro atoms. The average Bonchev–Trinajstić information content (AvgIpc) is 2.62. The first-order valence-corrected chi connectivity index (χ1v) is 11.7. The van der Waals surface area contributed by atoms with Gasteiger partial charge >= 0.3 is 6.18 Å². The van der Waals surface area contributed by atoms with Gasteiger partial charge in [0, 0.05) is 21.2 Å². The minimum Gasteiger partial charge on any atom is -0.381 e. The molecule has 0 heterocycles. The molecule has 3 rings (SSSR count). The summed E-state index contributed by atoms with van der Waals surface area (Å²) in [6.07, 6.45) is -2.24. The second-order valence-corrected chi connectivity index (χ2v) is 10.2. The number of sulfonamides is 1. The van der Waals surface area contributed by atoms with Crippen LogP contribution < -0.4 is 10.0 Å². The molecule has 4 nitrogen and oxygen atoms in total. The predicted molar refractivity (Wildman–Crippen MR) is 113 cm³/mol. The molecule has 1 saturated carbocycles. The van der Waals surface area contributed by atoms with Crippen LogP contribution in [0.25, 0.3) is 0 Å². The Hall–Kier alpha value is -1.45. The van der Waals surface area contributed by atoms with E-state index in [1.54, 1.807) is 0 Å². The number of alkyl halides is 3. The van der Waals surface area contributed by atoms with Crippen LogP contribution in [-0.4, -0.2) is 19.7 Å². The summed E-state index contributed by atoms with van der Waals surface area (Å²) in [6.45, 7) is 0. The summed E-state index contributed by atoms with van der Waals surface area (Å²) in [4.78, 5) is 0. The number of hydrogen-bond donors (Lipinski definition) is 2. The fraction of sp³-hybridized carbons (Fsp3) is 0.368. The van der Waals surface area contributed by atoms with Crippen LogP contribution in [0.5, 0.6) is 0 Å². The summed E-state index contributed by atoms with van der Waals surface area (Å²) >= 11 is 9.05. The molecule has 0 aromatic heterocycles. The number of anilines is 2. The zero-order chi connectivity index (χ0) is 21.2. The van der Waals surface area contributed by atoms with E-state index in [1.807, 2.05) is 24.3 Å². The molecule has 0 aliphatic heterocycles. The minimum atomic E-state index is -4.73. The summed E-state index contributed by atoms with van der Waals surface area (Å²) in [5.41, 5.74) is -0.886. The largest absolute Gasteiger partial charge is 0.418 e. The molecule has 2 aromatic rings. The van der Waals surface area contributed by atoms with Gasteiger partial charge in [0.15, 0.2) is 0 Å². The summed E-state index contributed by atoms with van der Waals surface area (Å²) in [7, 11) is -4.08. The maximum Gasteiger partial charge on any atom is 0.418 e. The van der Waals surface area contributed by atoms with Gasteiger partial charge in [0.25, 0.3) is 0 Å². The van der Waals surface area contributed by atoms with Crippen molar-refractivity contribution in [1.82, 2.24) is 0 Å². The molecule has 2 aromatic carbocycles. The topological polar surface area (TPSA) is 58.2 Å². The fourth-order valence-corrected chi connectivity index (χ4v) is 5.82. The van der Waals surface area contributed by atoms with Crippen molar-refractivity contribution >= 4 is 48.9 Å². The molecule has 0 saturated heterocycles. The van der Waals surface area contributed by atoms with E-state index >= 15 is 0 Å². The zero-order valence-corrected chi connectivity index (χ0v) is 18.3. The van der Waals surface area contributed by atoms with Gasteiger partial charge < -0.3 is 5.32 Å². The molecule has 1 fully saturated rings. The first-order chi connectivity index (χ1) is 13.6. The highest BCUT2D eigenvalue weighted by molar-refractivity contribution is 9.10. The Morgan fingerprint density at radius 1 is 1.07 bits per heavy atom. The van der Waals surface area contributed by atoms with E-state index in [0.29, 0.717) is 19.3 Å². The van der Waals surface area contributed by atoms with Crippen molar-refractivity contribution in [3.8, 4) is 0 Å². The van der Waals surface area contributed by atoms with Crippen molar-refractivity contribution in [3.05, 3.63) is 57.5 Å². The van der Waals surface area contributed by atoms with Gasteiger partial charge in [0.05, 0.1) is 11.3 Å². The van der Waals surface area contributed by atoms with Crippen LogP contribution in [0, 0.1) is 0 Å². The fourth-order valence-electron chi connectivity index (χ4n) is 3.49. The highest BCUT2D eigenvalue weighted by atomic mass is 79.9. The normalized spacial score (nSPS) is 20.3. The lowest BCUT2D eigenvalue weighted by molar-refractivity contribution is -0.136. The quantitative estimate of drug-likeness (QED) is 0.496. The number of hydrogen-bond acceptors (Lipinski definition) is 3. The third kappa shape index (κ3) is 5.58. The lowest BCUT2D eigenvalue weighted by atomic mass is 9.94. The molecule has 29 heavy (non-hydrogen) atoms. The molecule has 0 bridgehead atoms. The first-order valence-electron chi connectivity index (χ1n) is 8.97. The minimum absolute atomic E-state index is 0.118. The maximum absolute atomic E-state index is 13.3. The van der Waals surface area contributed by atoms with E-state index in [9.17, 15) is 21.6 Å². The third-order valence-corrected chi connectivity index (χ3v) is 7.41. The van der Waals surface area contributed by atoms with Crippen molar-refractivity contribution < 1.29 is 21.6 Å². The Balaban J connectivity index is 1.87. The van der Waals surface area contributed by atoms with Crippen LogP contribution in [0.2, 0.25) is 5.02 Å². The molecular formula is C19H19BrClF3N2O2S. The van der Waals surface area contributed by atoms with Crippen LogP contribution in [0.15, 0.2) is 46.9 Å². The van der Waals surface area contributed by atoms with Crippen LogP contribution in [0.1, 0.15) is 31.2 Å². The van der Waals surface area contributed by atoms with Gasteiger partial charge in [-0.2, -0.15) is 13.2 Å². The molecule has 2 N–H and O–H groups in total. The van der Waals surface area contributed by atoms with Crippen LogP contribution in [-0.2, 0) is 16.2 Å². The van der Waals surface area contributed by atoms with Gasteiger partial charge in [0.2, 0.25) is 10.0 Å². The second-order valence-electron chi connectivity index (χ2n) is 6.92. The molecule has 2 unspecified atom stereocenters. The van der Waals surface area contributed by atoms with Gasteiger partial charge in [-0.05, 0) is 49.2 Å². The molecule has 1 aliphatic carbocycles. The molecule has 0 radical (unpaired) electrons. The summed E-state index contributed by atoms with van der Waals surface area (Å²) in [5, 5.41) is 2.24. The molecule has 1 aliphatic rings. The van der Waals surface area contributed by atoms with Crippen molar-refractivity contribution in [2.75, 3.05) is 10.0 Å². The van der Waals surface area contributed by atoms with Crippen molar-refractivity contribution in [3.63, 3.8) is 0 Å². The number of benzene rings is 2. The van der Waals surface area contributed by atoms with Crippen LogP contribution >= 0.6 is 27.5 Å². The van der Waals surface area contributed by atoms with Crippen LogP contribution in [0.4, 0.5) is 24.5 Å². The Morgan fingerprint density at radius 3 is 2.48 bits per heavy atom. The summed E-state index contributed by atoms with van der Waals surface area (Å²) in [5.74, 6) is 0. The highest BCUT2D eigenvalue weighted by Gasteiger charge is 2.39. The van der Waals surface area contributed by atoms with Crippen molar-refractivity contribution in [2.24, 2.45) is 0 Å². The van der Waals surface area contributed by atoms with E-state index in [0.717, 1.165) is 28.7 Å². The van der Waals surface area contributed by atoms with E-state index < -0.39 is 38.7 Å². The maximum atomic E-state index is 13.3. The summed E-state index contributed by atoms with van der Waals surface area (Å²) in [6, 6.07) is 9.88. The van der Waals surface area contributed by atoms with E-state index in [-0.39, 0.29) is 5.02 Å². The smallest absolute Gasteiger partial charge is 0.381 e. The molecule has 0 amide bonds. The molecular weight excluding hydrogens is 493 g/mol. The van der Waals surface area contributed by atoms with Gasteiger partial charge in [-0.15, -0.1) is 0 Å². The average molecular weight is 512 g/mol. The van der Waals surface area contributed by atoms with Gasteiger partial charge in [-0.1, -0.05) is 46.4 Å². The van der Waals surface area contributed by atoms with Crippen LogP contribution in [0.3, 0.4) is 0 Å². The van der Waals surface area contributed by atoms with Crippen molar-refractivity contribution in [2.45, 2.75) is 43.2 Å². The lowest BCUT2D eigenvalue weighted by Gasteiger charge is -2.33. The number of rotatable bonds is 5. The Bertz CT molecular complexity index is 986. The van der Waals surface area contributed by atoms with E-state index in [1.165, 1.54) is 6.07 Å². The molecule has 10 heteroatoms. The Kier molecular flexibility index (Phi) is 6.70. The Labute approximate surface area is 181 Å². The zero-order valence-electron chi connectivity index (χ0n) is 15.1. The lowest BCUT2D eigenvalue weighted by Crippen LogP contribution is -2.44. The standard InChI is InChI=1S/C19H19BrClF3N2O2S/c20-12-4-3-5-14(10-12)25-17-6-1-2-7-18(17)29(27,28)26-16-9-8-13(21)11-15(16)19(22,23)24/h3-5,8-11,17-18,25-26H,1-2,6-7H2. The summed E-state index contributed by atoms with van der Waals surface area (Å²) < 4.78 is 69.1. The monoisotopic (exact) mass is 510 g/mol. The van der Waals surface area contributed by atoms with E-state index in [4.69, 9.17) is 11.6 Å². The third-order valence-electron chi connectivity index (χ3n) is 4.82. The highest BCUT2D eigenvalue weighted by Crippen LogP contribution is 2.38. The second kappa shape index (κ2) is 8.73. The van der Waals surface area contributed by atoms with Gasteiger partial charge in [-0.25, -0.2) is 8.42 Å². The van der Waals surface area contributed by atoms with Crippen molar-refractivity contribution in [1.29, 1.82) is 0 Å². The predicted octanol–water partition coefficient (Wildman–Crippen LogP) is 6.29. The molecule has 158 valence electrons. The first kappa shape index (κ1) is 22.2. The molecule has 2 atom stereocenters. The Morgan fingerprint density at radius 2 is 1.79 bits per heavy atom. The number of halogens is 5. The van der Waals surface area contributed by atoms with Gasteiger partial charge in [-0.3, -0.25) is 4.72 Å². The number of nitrogens with one attached hydrogen (secondary N) is 2. The SMILES string of the molecule is O=S(=O)(Nc1ccc(Cl)cc1C(F)(F)F)C1CCCCC1Nc1cccc(Br)c1. The van der Waals surface area contributed by atoms with Gasteiger partial charge in [0.1, 0.15) is 5.25 Å². The van der Waals surface area contributed by atoms with E-state index in [2.05, 4.69) is 26.0 Å².